The molecule has 0 aromatic rings. The van der Waals surface area contributed by atoms with E-state index in [9.17, 15) is 0 Å². The molecule has 6 heteroatoms. The van der Waals surface area contributed by atoms with Crippen molar-refractivity contribution in [1.82, 2.24) is 0 Å². The van der Waals surface area contributed by atoms with E-state index in [-0.39, 0.29) is 26.9 Å². The van der Waals surface area contributed by atoms with E-state index in [2.05, 4.69) is 6.92 Å². The highest BCUT2D eigenvalue weighted by Gasteiger charge is 2.25. The van der Waals surface area contributed by atoms with E-state index in [1.807, 2.05) is 0 Å². The Bertz CT molecular complexity index is 189. The summed E-state index contributed by atoms with van der Waals surface area (Å²) in [5, 5.41) is -0.847. The lowest BCUT2D eigenvalue weighted by Crippen LogP contribution is -2.26. The minimum atomic E-state index is -0.235. The van der Waals surface area contributed by atoms with Crippen LogP contribution in [-0.4, -0.2) is 32.8 Å². The Balaban J connectivity index is 4.01. The van der Waals surface area contributed by atoms with Crippen LogP contribution in [0.25, 0.3) is 0 Å². The first-order valence-electron chi connectivity index (χ1n) is 5.68. The molecular formula is C11H18Cl6. The summed E-state index contributed by atoms with van der Waals surface area (Å²) in [4.78, 5) is 0. The van der Waals surface area contributed by atoms with Crippen molar-refractivity contribution in [2.45, 2.75) is 59.5 Å². The highest BCUT2D eigenvalue weighted by molar-refractivity contribution is 6.33. The SMILES string of the molecule is CCCC(Cl)C(Cl)CC(Cl)C(Cl)CC(Cl)CCl. The molecule has 104 valence electrons. The van der Waals surface area contributed by atoms with Crippen LogP contribution in [-0.2, 0) is 0 Å². The highest BCUT2D eigenvalue weighted by Crippen LogP contribution is 2.27. The fourth-order valence-corrected chi connectivity index (χ4v) is 3.17. The zero-order valence-corrected chi connectivity index (χ0v) is 14.2. The Morgan fingerprint density at radius 3 is 1.71 bits per heavy atom. The molecule has 5 atom stereocenters. The minimum Gasteiger partial charge on any atom is -0.125 e. The molecule has 0 aromatic carbocycles. The van der Waals surface area contributed by atoms with Crippen molar-refractivity contribution >= 4 is 69.6 Å². The number of halogens is 6. The van der Waals surface area contributed by atoms with E-state index in [0.717, 1.165) is 12.8 Å². The maximum atomic E-state index is 6.19. The van der Waals surface area contributed by atoms with Crippen molar-refractivity contribution in [3.63, 3.8) is 0 Å². The van der Waals surface area contributed by atoms with Gasteiger partial charge in [0.15, 0.2) is 0 Å². The average Bonchev–Trinajstić information content (AvgIpc) is 2.28. The molecule has 0 aliphatic rings. The molecule has 5 unspecified atom stereocenters. The third kappa shape index (κ3) is 8.50. The molecule has 0 saturated carbocycles. The van der Waals surface area contributed by atoms with Crippen molar-refractivity contribution in [3.05, 3.63) is 0 Å². The third-order valence-electron chi connectivity index (χ3n) is 2.45. The van der Waals surface area contributed by atoms with Gasteiger partial charge in [0.05, 0.1) is 16.1 Å². The van der Waals surface area contributed by atoms with Gasteiger partial charge in [-0.15, -0.1) is 69.6 Å². The van der Waals surface area contributed by atoms with Crippen molar-refractivity contribution in [1.29, 1.82) is 0 Å². The maximum absolute atomic E-state index is 6.19. The molecular weight excluding hydrogens is 345 g/mol. The number of rotatable bonds is 9. The van der Waals surface area contributed by atoms with E-state index >= 15 is 0 Å². The molecule has 0 heterocycles. The minimum absolute atomic E-state index is 0.0633. The zero-order valence-electron chi connectivity index (χ0n) is 9.69. The van der Waals surface area contributed by atoms with Crippen LogP contribution in [0.1, 0.15) is 32.6 Å². The maximum Gasteiger partial charge on any atom is 0.0514 e. The number of hydrogen-bond donors (Lipinski definition) is 0. The summed E-state index contributed by atoms with van der Waals surface area (Å²) in [5.41, 5.74) is 0. The van der Waals surface area contributed by atoms with Gasteiger partial charge in [0, 0.05) is 16.6 Å². The summed E-state index contributed by atoms with van der Waals surface area (Å²) >= 11 is 36.2. The summed E-state index contributed by atoms with van der Waals surface area (Å²) < 4.78 is 0. The van der Waals surface area contributed by atoms with Crippen LogP contribution in [0, 0.1) is 0 Å². The van der Waals surface area contributed by atoms with Crippen LogP contribution in [0.15, 0.2) is 0 Å². The zero-order chi connectivity index (χ0) is 13.4. The molecule has 0 saturated heterocycles. The number of alkyl halides is 6. The Hall–Kier alpha value is 1.74. The summed E-state index contributed by atoms with van der Waals surface area (Å²) in [7, 11) is 0. The predicted octanol–water partition coefficient (Wildman–Crippen LogP) is 5.84. The summed E-state index contributed by atoms with van der Waals surface area (Å²) in [5.74, 6) is 0.368. The van der Waals surface area contributed by atoms with Crippen molar-refractivity contribution in [2.75, 3.05) is 5.88 Å². The summed E-state index contributed by atoms with van der Waals surface area (Å²) in [6, 6.07) is 0. The molecule has 17 heavy (non-hydrogen) atoms. The van der Waals surface area contributed by atoms with Crippen LogP contribution in [0.5, 0.6) is 0 Å². The van der Waals surface area contributed by atoms with Crippen LogP contribution in [0.2, 0.25) is 0 Å². The number of hydrogen-bond acceptors (Lipinski definition) is 0. The van der Waals surface area contributed by atoms with E-state index in [0.29, 0.717) is 18.7 Å². The van der Waals surface area contributed by atoms with Gasteiger partial charge in [-0.2, -0.15) is 0 Å². The van der Waals surface area contributed by atoms with E-state index in [4.69, 9.17) is 69.6 Å². The van der Waals surface area contributed by atoms with E-state index < -0.39 is 0 Å². The molecule has 0 spiro atoms. The molecule has 0 bridgehead atoms. The van der Waals surface area contributed by atoms with Gasteiger partial charge in [-0.05, 0) is 19.3 Å². The monoisotopic (exact) mass is 360 g/mol. The lowest BCUT2D eigenvalue weighted by atomic mass is 10.1. The fraction of sp³-hybridized carbons (Fsp3) is 1.00. The van der Waals surface area contributed by atoms with Gasteiger partial charge in [0.2, 0.25) is 0 Å². The van der Waals surface area contributed by atoms with Crippen LogP contribution >= 0.6 is 69.6 Å². The van der Waals surface area contributed by atoms with Crippen molar-refractivity contribution in [3.8, 4) is 0 Å². The second kappa shape index (κ2) is 10.5. The molecule has 0 aliphatic heterocycles. The first-order chi connectivity index (χ1) is 7.92. The molecule has 0 aromatic heterocycles. The average molecular weight is 363 g/mol. The van der Waals surface area contributed by atoms with Crippen LogP contribution in [0.4, 0.5) is 0 Å². The molecule has 0 aliphatic carbocycles. The van der Waals surface area contributed by atoms with Crippen molar-refractivity contribution in [2.24, 2.45) is 0 Å². The second-order valence-electron chi connectivity index (χ2n) is 4.08. The fourth-order valence-electron chi connectivity index (χ4n) is 1.42. The van der Waals surface area contributed by atoms with Gasteiger partial charge in [-0.3, -0.25) is 0 Å². The largest absolute Gasteiger partial charge is 0.125 e. The van der Waals surface area contributed by atoms with E-state index in [1.54, 1.807) is 0 Å². The Morgan fingerprint density at radius 2 is 1.24 bits per heavy atom. The van der Waals surface area contributed by atoms with Gasteiger partial charge in [-0.25, -0.2) is 0 Å². The molecule has 0 nitrogen and oxygen atoms in total. The summed E-state index contributed by atoms with van der Waals surface area (Å²) in [6.07, 6.45) is 3.04. The van der Waals surface area contributed by atoms with Gasteiger partial charge < -0.3 is 0 Å². The van der Waals surface area contributed by atoms with Crippen LogP contribution in [0.3, 0.4) is 0 Å². The standard InChI is InChI=1S/C11H18Cl6/c1-2-3-8(14)10(16)5-11(17)9(15)4-7(13)6-12/h7-11H,2-6H2,1H3. The molecule has 0 amide bonds. The van der Waals surface area contributed by atoms with Crippen LogP contribution < -0.4 is 0 Å². The first kappa shape index (κ1) is 18.7. The molecule has 0 rings (SSSR count). The molecule has 0 radical (unpaired) electrons. The van der Waals surface area contributed by atoms with Gasteiger partial charge in [-0.1, -0.05) is 13.3 Å². The van der Waals surface area contributed by atoms with Gasteiger partial charge >= 0.3 is 0 Å². The Kier molecular flexibility index (Phi) is 11.6. The van der Waals surface area contributed by atoms with Crippen molar-refractivity contribution < 1.29 is 0 Å². The molecule has 0 fully saturated rings. The third-order valence-corrected chi connectivity index (χ3v) is 5.54. The van der Waals surface area contributed by atoms with E-state index in [1.165, 1.54) is 0 Å². The molecule has 0 N–H and O–H groups in total. The highest BCUT2D eigenvalue weighted by atomic mass is 35.5. The smallest absolute Gasteiger partial charge is 0.0514 e. The second-order valence-corrected chi connectivity index (χ2v) is 7.24. The first-order valence-corrected chi connectivity index (χ1v) is 8.40. The topological polar surface area (TPSA) is 0 Å². The predicted molar refractivity (Wildman–Crippen MR) is 83.1 cm³/mol. The normalized spacial score (nSPS) is 20.6. The quantitative estimate of drug-likeness (QED) is 0.452. The van der Waals surface area contributed by atoms with Gasteiger partial charge in [0.1, 0.15) is 0 Å². The lowest BCUT2D eigenvalue weighted by molar-refractivity contribution is 0.595. The summed E-state index contributed by atoms with van der Waals surface area (Å²) in [6.45, 7) is 2.07. The van der Waals surface area contributed by atoms with Gasteiger partial charge in [0.25, 0.3) is 0 Å². The Labute approximate surface area is 134 Å². The Morgan fingerprint density at radius 1 is 0.765 bits per heavy atom. The lowest BCUT2D eigenvalue weighted by Gasteiger charge is -2.22.